The zero-order valence-electron chi connectivity index (χ0n) is 13.1. The first-order valence-electron chi connectivity index (χ1n) is 7.90. The number of fused-ring (bicyclic) bond motifs is 1. The molecule has 6 nitrogen and oxygen atoms in total. The Morgan fingerprint density at radius 3 is 2.91 bits per heavy atom. The molecule has 0 bridgehead atoms. The van der Waals surface area contributed by atoms with Crippen LogP contribution in [0, 0.1) is 0 Å². The third-order valence-electron chi connectivity index (χ3n) is 4.21. The molecule has 4 rings (SSSR count). The van der Waals surface area contributed by atoms with Gasteiger partial charge in [-0.15, -0.1) is 0 Å². The van der Waals surface area contributed by atoms with E-state index in [1.54, 1.807) is 12.5 Å². The summed E-state index contributed by atoms with van der Waals surface area (Å²) in [6.45, 7) is 1.82. The summed E-state index contributed by atoms with van der Waals surface area (Å²) in [5.41, 5.74) is 2.60. The number of aromatic nitrogens is 4. The Bertz CT molecular complexity index is 805. The molecule has 3 aromatic rings. The first kappa shape index (κ1) is 14.1. The van der Waals surface area contributed by atoms with E-state index in [1.807, 2.05) is 35.9 Å². The van der Waals surface area contributed by atoms with Crippen LogP contribution in [-0.2, 0) is 7.05 Å². The average Bonchev–Trinajstić information content (AvgIpc) is 3.23. The highest BCUT2D eigenvalue weighted by molar-refractivity contribution is 5.72. The molecular formula is C17H19N5O. The Balaban J connectivity index is 1.49. The average molecular weight is 309 g/mol. The van der Waals surface area contributed by atoms with Gasteiger partial charge in [-0.05, 0) is 43.7 Å². The van der Waals surface area contributed by atoms with Gasteiger partial charge in [0.05, 0.1) is 12.5 Å². The number of nitrogens with one attached hydrogen (secondary N) is 1. The summed E-state index contributed by atoms with van der Waals surface area (Å²) in [5, 5.41) is 3.43. The van der Waals surface area contributed by atoms with Crippen LogP contribution >= 0.6 is 0 Å². The summed E-state index contributed by atoms with van der Waals surface area (Å²) in [5.74, 6) is 1.56. The fourth-order valence-corrected chi connectivity index (χ4v) is 2.85. The van der Waals surface area contributed by atoms with Gasteiger partial charge in [0, 0.05) is 18.7 Å². The van der Waals surface area contributed by atoms with E-state index in [2.05, 4.69) is 20.3 Å². The number of rotatable bonds is 4. The van der Waals surface area contributed by atoms with Crippen molar-refractivity contribution in [3.8, 4) is 17.1 Å². The van der Waals surface area contributed by atoms with Crippen LogP contribution in [-0.4, -0.2) is 38.7 Å². The number of nitrogens with zero attached hydrogens (tertiary/aromatic N) is 4. The smallest absolute Gasteiger partial charge is 0.181 e. The van der Waals surface area contributed by atoms with Crippen molar-refractivity contribution in [1.29, 1.82) is 0 Å². The van der Waals surface area contributed by atoms with Gasteiger partial charge < -0.3 is 14.6 Å². The third-order valence-corrected chi connectivity index (χ3v) is 4.21. The van der Waals surface area contributed by atoms with E-state index >= 15 is 0 Å². The van der Waals surface area contributed by atoms with Gasteiger partial charge in [0.2, 0.25) is 0 Å². The van der Waals surface area contributed by atoms with Crippen molar-refractivity contribution in [2.45, 2.75) is 18.9 Å². The lowest BCUT2D eigenvalue weighted by Crippen LogP contribution is -2.28. The molecule has 1 unspecified atom stereocenters. The van der Waals surface area contributed by atoms with Gasteiger partial charge in [-0.1, -0.05) is 0 Å². The Labute approximate surface area is 134 Å². The van der Waals surface area contributed by atoms with Crippen molar-refractivity contribution in [2.75, 3.05) is 13.2 Å². The van der Waals surface area contributed by atoms with Crippen LogP contribution in [0.15, 0.2) is 36.8 Å². The topological polar surface area (TPSA) is 64.9 Å². The number of imidazole rings is 1. The zero-order valence-corrected chi connectivity index (χ0v) is 13.1. The van der Waals surface area contributed by atoms with E-state index in [-0.39, 0.29) is 0 Å². The van der Waals surface area contributed by atoms with Gasteiger partial charge >= 0.3 is 0 Å². The van der Waals surface area contributed by atoms with E-state index in [1.165, 1.54) is 12.8 Å². The molecule has 0 saturated carbocycles. The van der Waals surface area contributed by atoms with E-state index in [4.69, 9.17) is 4.74 Å². The van der Waals surface area contributed by atoms with Gasteiger partial charge in [0.25, 0.3) is 0 Å². The van der Waals surface area contributed by atoms with Crippen molar-refractivity contribution in [3.05, 3.63) is 36.8 Å². The van der Waals surface area contributed by atoms with Crippen molar-refractivity contribution >= 4 is 11.2 Å². The molecule has 6 heteroatoms. The predicted octanol–water partition coefficient (Wildman–Crippen LogP) is 2.16. The molecule has 3 heterocycles. The highest BCUT2D eigenvalue weighted by Gasteiger charge is 2.14. The van der Waals surface area contributed by atoms with Crippen LogP contribution in [0.2, 0.25) is 0 Å². The third kappa shape index (κ3) is 2.90. The standard InChI is InChI=1S/C17H19N5O/c1-22-11-20-17-15(22)9-19-16(21-17)12-4-6-14(7-5-12)23-10-13-3-2-8-18-13/h4-7,9,11,13,18H,2-3,8,10H2,1H3. The van der Waals surface area contributed by atoms with Crippen LogP contribution in [0.4, 0.5) is 0 Å². The second-order valence-corrected chi connectivity index (χ2v) is 5.89. The maximum atomic E-state index is 5.84. The maximum Gasteiger partial charge on any atom is 0.181 e. The first-order chi connectivity index (χ1) is 11.3. The molecule has 1 N–H and O–H groups in total. The predicted molar refractivity (Wildman–Crippen MR) is 88.3 cm³/mol. The quantitative estimate of drug-likeness (QED) is 0.800. The molecule has 0 spiro atoms. The molecule has 23 heavy (non-hydrogen) atoms. The van der Waals surface area contributed by atoms with Crippen LogP contribution in [0.1, 0.15) is 12.8 Å². The summed E-state index contributed by atoms with van der Waals surface area (Å²) < 4.78 is 7.75. The first-order valence-corrected chi connectivity index (χ1v) is 7.90. The fraction of sp³-hybridized carbons (Fsp3) is 0.353. The van der Waals surface area contributed by atoms with Crippen LogP contribution < -0.4 is 10.1 Å². The van der Waals surface area contributed by atoms with Gasteiger partial charge in [-0.2, -0.15) is 0 Å². The SMILES string of the molecule is Cn1cnc2nc(-c3ccc(OCC4CCCN4)cc3)ncc21. The molecule has 0 amide bonds. The maximum absolute atomic E-state index is 5.84. The van der Waals surface area contributed by atoms with E-state index in [9.17, 15) is 0 Å². The molecule has 1 aliphatic heterocycles. The second-order valence-electron chi connectivity index (χ2n) is 5.89. The van der Waals surface area contributed by atoms with Gasteiger partial charge in [-0.3, -0.25) is 0 Å². The molecule has 1 aromatic carbocycles. The van der Waals surface area contributed by atoms with Crippen LogP contribution in [0.3, 0.4) is 0 Å². The molecule has 1 fully saturated rings. The summed E-state index contributed by atoms with van der Waals surface area (Å²) >= 11 is 0. The highest BCUT2D eigenvalue weighted by Crippen LogP contribution is 2.21. The summed E-state index contributed by atoms with van der Waals surface area (Å²) in [7, 11) is 1.93. The Hall–Kier alpha value is -2.47. The molecule has 1 atom stereocenters. The number of ether oxygens (including phenoxy) is 1. The second kappa shape index (κ2) is 5.96. The molecule has 0 radical (unpaired) electrons. The Morgan fingerprint density at radius 2 is 2.13 bits per heavy atom. The largest absolute Gasteiger partial charge is 0.492 e. The summed E-state index contributed by atoms with van der Waals surface area (Å²) in [6.07, 6.45) is 5.98. The number of hydrogen-bond donors (Lipinski definition) is 1. The van der Waals surface area contributed by atoms with E-state index in [0.717, 1.165) is 30.0 Å². The van der Waals surface area contributed by atoms with Crippen molar-refractivity contribution in [3.63, 3.8) is 0 Å². The molecule has 2 aromatic heterocycles. The monoisotopic (exact) mass is 309 g/mol. The minimum atomic E-state index is 0.476. The number of benzene rings is 1. The summed E-state index contributed by atoms with van der Waals surface area (Å²) in [6, 6.07) is 8.39. The van der Waals surface area contributed by atoms with Crippen LogP contribution in [0.25, 0.3) is 22.6 Å². The highest BCUT2D eigenvalue weighted by atomic mass is 16.5. The molecule has 118 valence electrons. The van der Waals surface area contributed by atoms with Gasteiger partial charge in [0.15, 0.2) is 11.5 Å². The number of aryl methyl sites for hydroxylation is 1. The number of hydrogen-bond acceptors (Lipinski definition) is 5. The molecular weight excluding hydrogens is 290 g/mol. The minimum Gasteiger partial charge on any atom is -0.492 e. The lowest BCUT2D eigenvalue weighted by molar-refractivity contribution is 0.277. The molecule has 1 saturated heterocycles. The van der Waals surface area contributed by atoms with Crippen molar-refractivity contribution < 1.29 is 4.74 Å². The van der Waals surface area contributed by atoms with Crippen molar-refractivity contribution in [1.82, 2.24) is 24.8 Å². The fourth-order valence-electron chi connectivity index (χ4n) is 2.85. The lowest BCUT2D eigenvalue weighted by atomic mass is 10.2. The summed E-state index contributed by atoms with van der Waals surface area (Å²) in [4.78, 5) is 13.2. The van der Waals surface area contributed by atoms with Gasteiger partial charge in [0.1, 0.15) is 17.9 Å². The zero-order chi connectivity index (χ0) is 15.6. The van der Waals surface area contributed by atoms with Crippen molar-refractivity contribution in [2.24, 2.45) is 7.05 Å². The van der Waals surface area contributed by atoms with E-state index in [0.29, 0.717) is 17.5 Å². The molecule has 1 aliphatic rings. The molecule has 0 aliphatic carbocycles. The Kier molecular flexibility index (Phi) is 3.67. The lowest BCUT2D eigenvalue weighted by Gasteiger charge is -2.12. The Morgan fingerprint density at radius 1 is 1.26 bits per heavy atom. The minimum absolute atomic E-state index is 0.476. The van der Waals surface area contributed by atoms with Gasteiger partial charge in [-0.25, -0.2) is 15.0 Å². The normalized spacial score (nSPS) is 17.7. The van der Waals surface area contributed by atoms with E-state index < -0.39 is 0 Å². The van der Waals surface area contributed by atoms with Crippen LogP contribution in [0.5, 0.6) is 5.75 Å².